The van der Waals surface area contributed by atoms with Gasteiger partial charge in [-0.05, 0) is 13.3 Å². The number of aliphatic hydroxyl groups is 1. The number of aromatic amines is 1. The van der Waals surface area contributed by atoms with Crippen LogP contribution in [0.4, 0.5) is 5.95 Å². The highest BCUT2D eigenvalue weighted by Crippen LogP contribution is 2.15. The molecule has 2 heterocycles. The number of hydrogen-bond donors (Lipinski definition) is 3. The molecule has 0 saturated heterocycles. The van der Waals surface area contributed by atoms with Crippen LogP contribution >= 0.6 is 0 Å². The second-order valence-corrected chi connectivity index (χ2v) is 4.41. The fourth-order valence-electron chi connectivity index (χ4n) is 2.21. The summed E-state index contributed by atoms with van der Waals surface area (Å²) in [4.78, 5) is 30.6. The molecule has 0 fully saturated rings. The zero-order valence-electron chi connectivity index (χ0n) is 11.6. The molecule has 2 rings (SSSR count). The summed E-state index contributed by atoms with van der Waals surface area (Å²) in [5.74, 6) is 0.484. The maximum atomic E-state index is 12.0. The number of nitrogens with zero attached hydrogens (tertiary/aromatic N) is 3. The molecule has 0 amide bonds. The molecule has 0 radical (unpaired) electrons. The Balaban J connectivity index is 2.74. The first kappa shape index (κ1) is 14.3. The van der Waals surface area contributed by atoms with Crippen LogP contribution in [0.2, 0.25) is 0 Å². The second-order valence-electron chi connectivity index (χ2n) is 4.41. The molecule has 20 heavy (non-hydrogen) atoms. The Hall–Kier alpha value is -2.09. The van der Waals surface area contributed by atoms with Gasteiger partial charge >= 0.3 is 5.69 Å². The number of H-pyrrole nitrogens is 1. The van der Waals surface area contributed by atoms with Gasteiger partial charge in [-0.2, -0.15) is 4.98 Å². The van der Waals surface area contributed by atoms with Crippen LogP contribution in [-0.4, -0.2) is 37.4 Å². The highest BCUT2D eigenvalue weighted by molar-refractivity contribution is 5.74. The smallest absolute Gasteiger partial charge is 0.330 e. The Morgan fingerprint density at radius 3 is 2.65 bits per heavy atom. The molecule has 0 aliphatic heterocycles. The second kappa shape index (κ2) is 5.91. The maximum absolute atomic E-state index is 12.0. The van der Waals surface area contributed by atoms with Crippen LogP contribution in [0.25, 0.3) is 11.2 Å². The molecule has 8 heteroatoms. The van der Waals surface area contributed by atoms with Crippen LogP contribution in [0.3, 0.4) is 0 Å². The Bertz CT molecular complexity index is 712. The summed E-state index contributed by atoms with van der Waals surface area (Å²) in [5.41, 5.74) is -0.133. The summed E-state index contributed by atoms with van der Waals surface area (Å²) in [6.45, 7) is 5.17. The van der Waals surface area contributed by atoms with E-state index in [4.69, 9.17) is 5.11 Å². The third kappa shape index (κ3) is 2.34. The number of anilines is 1. The first-order chi connectivity index (χ1) is 9.63. The molecule has 0 unspecified atom stereocenters. The quantitative estimate of drug-likeness (QED) is 0.675. The van der Waals surface area contributed by atoms with Gasteiger partial charge in [-0.15, -0.1) is 0 Å². The molecule has 0 bridgehead atoms. The van der Waals surface area contributed by atoms with Gasteiger partial charge in [-0.1, -0.05) is 6.92 Å². The van der Waals surface area contributed by atoms with Gasteiger partial charge in [0.15, 0.2) is 11.2 Å². The van der Waals surface area contributed by atoms with E-state index >= 15 is 0 Å². The average Bonchev–Trinajstić information content (AvgIpc) is 2.79. The molecule has 0 aliphatic carbocycles. The minimum atomic E-state index is -0.446. The molecule has 3 N–H and O–H groups in total. The zero-order valence-corrected chi connectivity index (χ0v) is 11.6. The number of rotatable bonds is 6. The van der Waals surface area contributed by atoms with Crippen LogP contribution < -0.4 is 16.6 Å². The number of aromatic nitrogens is 4. The SMILES string of the molecule is CCCn1c(=O)[nH]c(=O)c2c1nc(NCCO)n2CC. The number of aryl methyl sites for hydroxylation is 2. The standard InChI is InChI=1S/C12H19N5O3/c1-3-6-17-9-8(10(19)15-12(17)20)16(4-2)11(14-9)13-5-7-18/h18H,3-7H2,1-2H3,(H,13,14)(H,15,19,20). The fourth-order valence-corrected chi connectivity index (χ4v) is 2.21. The summed E-state index contributed by atoms with van der Waals surface area (Å²) in [7, 11) is 0. The molecule has 0 aliphatic rings. The summed E-state index contributed by atoms with van der Waals surface area (Å²) < 4.78 is 3.17. The van der Waals surface area contributed by atoms with Crippen molar-refractivity contribution in [2.24, 2.45) is 0 Å². The third-order valence-corrected chi connectivity index (χ3v) is 3.04. The lowest BCUT2D eigenvalue weighted by molar-refractivity contribution is 0.310. The lowest BCUT2D eigenvalue weighted by atomic mass is 10.4. The van der Waals surface area contributed by atoms with E-state index in [9.17, 15) is 9.59 Å². The number of fused-ring (bicyclic) bond motifs is 1. The van der Waals surface area contributed by atoms with E-state index in [0.717, 1.165) is 6.42 Å². The van der Waals surface area contributed by atoms with E-state index < -0.39 is 11.2 Å². The van der Waals surface area contributed by atoms with E-state index in [1.165, 1.54) is 4.57 Å². The molecular weight excluding hydrogens is 262 g/mol. The summed E-state index contributed by atoms with van der Waals surface area (Å²) in [6, 6.07) is 0. The Morgan fingerprint density at radius 2 is 2.05 bits per heavy atom. The first-order valence-corrected chi connectivity index (χ1v) is 6.72. The maximum Gasteiger partial charge on any atom is 0.330 e. The molecule has 0 spiro atoms. The zero-order chi connectivity index (χ0) is 14.7. The average molecular weight is 281 g/mol. The number of hydrogen-bond acceptors (Lipinski definition) is 5. The van der Waals surface area contributed by atoms with Gasteiger partial charge < -0.3 is 15.0 Å². The highest BCUT2D eigenvalue weighted by atomic mass is 16.3. The van der Waals surface area contributed by atoms with Crippen molar-refractivity contribution < 1.29 is 5.11 Å². The topological polar surface area (TPSA) is 105 Å². The van der Waals surface area contributed by atoms with E-state index in [0.29, 0.717) is 36.7 Å². The van der Waals surface area contributed by atoms with Crippen molar-refractivity contribution in [2.45, 2.75) is 33.4 Å². The van der Waals surface area contributed by atoms with Gasteiger partial charge in [0.2, 0.25) is 5.95 Å². The molecule has 2 aromatic rings. The van der Waals surface area contributed by atoms with Crippen molar-refractivity contribution in [3.8, 4) is 0 Å². The normalized spacial score (nSPS) is 11.2. The van der Waals surface area contributed by atoms with Crippen molar-refractivity contribution in [2.75, 3.05) is 18.5 Å². The van der Waals surface area contributed by atoms with Gasteiger partial charge in [-0.3, -0.25) is 14.3 Å². The van der Waals surface area contributed by atoms with Crippen LogP contribution in [0.5, 0.6) is 0 Å². The van der Waals surface area contributed by atoms with Gasteiger partial charge in [0, 0.05) is 19.6 Å². The molecular formula is C12H19N5O3. The van der Waals surface area contributed by atoms with Gasteiger partial charge in [0.05, 0.1) is 6.61 Å². The van der Waals surface area contributed by atoms with Crippen molar-refractivity contribution in [3.63, 3.8) is 0 Å². The Labute approximate surface area is 115 Å². The largest absolute Gasteiger partial charge is 0.395 e. The number of imidazole rings is 1. The van der Waals surface area contributed by atoms with E-state index in [2.05, 4.69) is 15.3 Å². The molecule has 110 valence electrons. The van der Waals surface area contributed by atoms with E-state index in [1.54, 1.807) is 4.57 Å². The molecule has 8 nitrogen and oxygen atoms in total. The fraction of sp³-hybridized carbons (Fsp3) is 0.583. The molecule has 0 saturated carbocycles. The van der Waals surface area contributed by atoms with Crippen LogP contribution in [0.15, 0.2) is 9.59 Å². The molecule has 0 aromatic carbocycles. The monoisotopic (exact) mass is 281 g/mol. The molecule has 0 atom stereocenters. The van der Waals surface area contributed by atoms with Crippen LogP contribution in [0, 0.1) is 0 Å². The van der Waals surface area contributed by atoms with Crippen molar-refractivity contribution >= 4 is 17.1 Å². The Kier molecular flexibility index (Phi) is 4.23. The van der Waals surface area contributed by atoms with Gasteiger partial charge in [0.25, 0.3) is 5.56 Å². The predicted molar refractivity (Wildman–Crippen MR) is 76.2 cm³/mol. The third-order valence-electron chi connectivity index (χ3n) is 3.04. The Morgan fingerprint density at radius 1 is 1.30 bits per heavy atom. The minimum Gasteiger partial charge on any atom is -0.395 e. The lowest BCUT2D eigenvalue weighted by Crippen LogP contribution is -2.31. The van der Waals surface area contributed by atoms with Crippen LogP contribution in [0.1, 0.15) is 20.3 Å². The first-order valence-electron chi connectivity index (χ1n) is 6.72. The number of aliphatic hydroxyl groups excluding tert-OH is 1. The van der Waals surface area contributed by atoms with Gasteiger partial charge in [-0.25, -0.2) is 4.79 Å². The van der Waals surface area contributed by atoms with Crippen molar-refractivity contribution in [3.05, 3.63) is 20.8 Å². The highest BCUT2D eigenvalue weighted by Gasteiger charge is 2.16. The van der Waals surface area contributed by atoms with Crippen molar-refractivity contribution in [1.29, 1.82) is 0 Å². The van der Waals surface area contributed by atoms with Gasteiger partial charge in [0.1, 0.15) is 0 Å². The number of nitrogens with one attached hydrogen (secondary N) is 2. The van der Waals surface area contributed by atoms with E-state index in [-0.39, 0.29) is 6.61 Å². The van der Waals surface area contributed by atoms with Crippen LogP contribution in [-0.2, 0) is 13.1 Å². The lowest BCUT2D eigenvalue weighted by Gasteiger charge is -2.06. The van der Waals surface area contributed by atoms with E-state index in [1.807, 2.05) is 13.8 Å². The predicted octanol–water partition coefficient (Wildman–Crippen LogP) is -0.280. The summed E-state index contributed by atoms with van der Waals surface area (Å²) in [5, 5.41) is 11.8. The minimum absolute atomic E-state index is 0.0367. The molecule has 2 aromatic heterocycles. The van der Waals surface area contributed by atoms with Crippen molar-refractivity contribution in [1.82, 2.24) is 19.1 Å². The summed E-state index contributed by atoms with van der Waals surface area (Å²) in [6.07, 6.45) is 0.763. The summed E-state index contributed by atoms with van der Waals surface area (Å²) >= 11 is 0.